The van der Waals surface area contributed by atoms with E-state index in [0.29, 0.717) is 5.13 Å². The van der Waals surface area contributed by atoms with E-state index in [1.807, 2.05) is 30.3 Å². The van der Waals surface area contributed by atoms with Gasteiger partial charge in [0, 0.05) is 11.8 Å². The van der Waals surface area contributed by atoms with Gasteiger partial charge in [0.05, 0.1) is 7.11 Å². The van der Waals surface area contributed by atoms with Crippen molar-refractivity contribution in [2.24, 2.45) is 0 Å². The molecule has 5 nitrogen and oxygen atoms in total. The Kier molecular flexibility index (Phi) is 3.69. The molecule has 0 aliphatic carbocycles. The Balaban J connectivity index is 2.31. The summed E-state index contributed by atoms with van der Waals surface area (Å²) >= 11 is 1.07. The van der Waals surface area contributed by atoms with Gasteiger partial charge in [0.2, 0.25) is 0 Å². The minimum Gasteiger partial charge on any atom is -0.465 e. The molecule has 1 aromatic heterocycles. The van der Waals surface area contributed by atoms with Crippen molar-refractivity contribution in [3.8, 4) is 0 Å². The molecule has 0 bridgehead atoms. The van der Waals surface area contributed by atoms with Crippen LogP contribution in [0, 0.1) is 0 Å². The van der Waals surface area contributed by atoms with Crippen LogP contribution in [-0.4, -0.2) is 18.1 Å². The highest BCUT2D eigenvalue weighted by molar-refractivity contribution is 7.17. The molecule has 0 amide bonds. The lowest BCUT2D eigenvalue weighted by Gasteiger charge is -2.04. The SMILES string of the molecule is COC(=O)c1cc(=O)nc(Nc2ccccc2)s1. The standard InChI is InChI=1S/C12H10N2O3S/c1-17-11(16)9-7-10(15)14-12(18-9)13-8-5-3-2-4-6-8/h2-7H,1H3,(H,13,14,15). The lowest BCUT2D eigenvalue weighted by atomic mass is 10.3. The summed E-state index contributed by atoms with van der Waals surface area (Å²) in [6.45, 7) is 0. The fourth-order valence-electron chi connectivity index (χ4n) is 1.30. The minimum absolute atomic E-state index is 0.218. The second-order valence-electron chi connectivity index (χ2n) is 3.35. The van der Waals surface area contributed by atoms with E-state index in [9.17, 15) is 9.59 Å². The fraction of sp³-hybridized carbons (Fsp3) is 0.0833. The third kappa shape index (κ3) is 2.92. The second kappa shape index (κ2) is 5.42. The zero-order chi connectivity index (χ0) is 13.0. The zero-order valence-electron chi connectivity index (χ0n) is 9.54. The van der Waals surface area contributed by atoms with Gasteiger partial charge in [-0.3, -0.25) is 4.79 Å². The van der Waals surface area contributed by atoms with E-state index in [1.54, 1.807) is 0 Å². The second-order valence-corrected chi connectivity index (χ2v) is 4.38. The molecule has 0 radical (unpaired) electrons. The molecule has 92 valence electrons. The number of rotatable bonds is 3. The van der Waals surface area contributed by atoms with E-state index in [1.165, 1.54) is 7.11 Å². The predicted octanol–water partition coefficient (Wildman–Crippen LogP) is 2.03. The van der Waals surface area contributed by atoms with Crippen molar-refractivity contribution in [1.29, 1.82) is 0 Å². The Bertz CT molecular complexity index is 610. The summed E-state index contributed by atoms with van der Waals surface area (Å²) in [6.07, 6.45) is 0. The molecule has 0 spiro atoms. The molecule has 0 aliphatic rings. The molecule has 2 aromatic rings. The number of esters is 1. The van der Waals surface area contributed by atoms with Gasteiger partial charge in [-0.2, -0.15) is 4.98 Å². The quantitative estimate of drug-likeness (QED) is 0.857. The Labute approximate surface area is 107 Å². The highest BCUT2D eigenvalue weighted by Crippen LogP contribution is 2.19. The van der Waals surface area contributed by atoms with Crippen LogP contribution in [0.4, 0.5) is 10.8 Å². The lowest BCUT2D eigenvalue weighted by molar-refractivity contribution is 0.0606. The molecule has 6 heteroatoms. The number of hydrogen-bond acceptors (Lipinski definition) is 6. The monoisotopic (exact) mass is 262 g/mol. The largest absolute Gasteiger partial charge is 0.465 e. The topological polar surface area (TPSA) is 68.3 Å². The molecule has 0 unspecified atom stereocenters. The molecule has 1 heterocycles. The molecule has 0 saturated heterocycles. The Morgan fingerprint density at radius 2 is 2.06 bits per heavy atom. The maximum absolute atomic E-state index is 11.4. The third-order valence-electron chi connectivity index (χ3n) is 2.08. The van der Waals surface area contributed by atoms with Crippen LogP contribution in [0.2, 0.25) is 0 Å². The number of carbonyl (C=O) groups is 1. The van der Waals surface area contributed by atoms with Crippen LogP contribution in [0.3, 0.4) is 0 Å². The number of methoxy groups -OCH3 is 1. The van der Waals surface area contributed by atoms with Crippen molar-refractivity contribution in [2.45, 2.75) is 0 Å². The van der Waals surface area contributed by atoms with Gasteiger partial charge in [-0.15, -0.1) is 0 Å². The van der Waals surface area contributed by atoms with Crippen LogP contribution in [0.5, 0.6) is 0 Å². The molecule has 1 aromatic carbocycles. The van der Waals surface area contributed by atoms with Crippen molar-refractivity contribution in [3.63, 3.8) is 0 Å². The molecule has 0 saturated carbocycles. The first-order chi connectivity index (χ1) is 8.69. The van der Waals surface area contributed by atoms with Gasteiger partial charge in [0.1, 0.15) is 4.88 Å². The lowest BCUT2D eigenvalue weighted by Crippen LogP contribution is -2.10. The summed E-state index contributed by atoms with van der Waals surface area (Å²) in [7, 11) is 1.27. The van der Waals surface area contributed by atoms with Crippen molar-refractivity contribution in [2.75, 3.05) is 12.4 Å². The van der Waals surface area contributed by atoms with E-state index < -0.39 is 11.5 Å². The van der Waals surface area contributed by atoms with Gasteiger partial charge in [-0.05, 0) is 12.1 Å². The van der Waals surface area contributed by atoms with Crippen LogP contribution in [0.1, 0.15) is 9.67 Å². The van der Waals surface area contributed by atoms with Gasteiger partial charge in [-0.25, -0.2) is 4.79 Å². The predicted molar refractivity (Wildman–Crippen MR) is 69.4 cm³/mol. The van der Waals surface area contributed by atoms with Crippen molar-refractivity contribution in [1.82, 2.24) is 4.98 Å². The molecule has 0 aliphatic heterocycles. The summed E-state index contributed by atoms with van der Waals surface area (Å²) in [4.78, 5) is 26.7. The van der Waals surface area contributed by atoms with Crippen LogP contribution in [0.25, 0.3) is 0 Å². The highest BCUT2D eigenvalue weighted by Gasteiger charge is 2.10. The molecule has 0 atom stereocenters. The summed E-state index contributed by atoms with van der Waals surface area (Å²) in [5.41, 5.74) is 0.315. The van der Waals surface area contributed by atoms with E-state index in [0.717, 1.165) is 23.1 Å². The molecule has 1 N–H and O–H groups in total. The van der Waals surface area contributed by atoms with Gasteiger partial charge < -0.3 is 10.1 Å². The summed E-state index contributed by atoms with van der Waals surface area (Å²) in [5, 5.41) is 3.32. The first-order valence-corrected chi connectivity index (χ1v) is 5.93. The van der Waals surface area contributed by atoms with Crippen molar-refractivity contribution < 1.29 is 9.53 Å². The average Bonchev–Trinajstić information content (AvgIpc) is 2.38. The maximum Gasteiger partial charge on any atom is 0.348 e. The van der Waals surface area contributed by atoms with Crippen molar-refractivity contribution >= 4 is 28.1 Å². The third-order valence-corrected chi connectivity index (χ3v) is 2.98. The van der Waals surface area contributed by atoms with E-state index in [2.05, 4.69) is 15.0 Å². The Hall–Kier alpha value is -2.21. The normalized spacial score (nSPS) is 9.83. The zero-order valence-corrected chi connectivity index (χ0v) is 10.4. The summed E-state index contributed by atoms with van der Waals surface area (Å²) in [6, 6.07) is 10.4. The molecular formula is C12H10N2O3S. The van der Waals surface area contributed by atoms with Crippen molar-refractivity contribution in [3.05, 3.63) is 51.6 Å². The van der Waals surface area contributed by atoms with Crippen LogP contribution in [-0.2, 0) is 4.74 Å². The van der Waals surface area contributed by atoms with E-state index in [4.69, 9.17) is 0 Å². The number of para-hydroxylation sites is 1. The smallest absolute Gasteiger partial charge is 0.348 e. The maximum atomic E-state index is 11.4. The average molecular weight is 262 g/mol. The van der Waals surface area contributed by atoms with E-state index >= 15 is 0 Å². The molecule has 18 heavy (non-hydrogen) atoms. The number of ether oxygens (including phenoxy) is 1. The number of hydrogen-bond donors (Lipinski definition) is 1. The van der Waals surface area contributed by atoms with Gasteiger partial charge in [0.15, 0.2) is 5.13 Å². The minimum atomic E-state index is -0.546. The number of aromatic nitrogens is 1. The summed E-state index contributed by atoms with van der Waals surface area (Å²) < 4.78 is 4.57. The molecule has 0 fully saturated rings. The van der Waals surface area contributed by atoms with Gasteiger partial charge in [-0.1, -0.05) is 29.5 Å². The first kappa shape index (κ1) is 12.3. The van der Waals surface area contributed by atoms with Crippen LogP contribution in [0.15, 0.2) is 41.2 Å². The number of nitrogens with one attached hydrogen (secondary N) is 1. The number of nitrogens with zero attached hydrogens (tertiary/aromatic N) is 1. The molecular weight excluding hydrogens is 252 g/mol. The Morgan fingerprint density at radius 1 is 1.33 bits per heavy atom. The number of benzene rings is 1. The fourth-order valence-corrected chi connectivity index (χ4v) is 2.14. The first-order valence-electron chi connectivity index (χ1n) is 5.11. The Morgan fingerprint density at radius 3 is 2.72 bits per heavy atom. The van der Waals surface area contributed by atoms with Crippen LogP contribution < -0.4 is 10.9 Å². The van der Waals surface area contributed by atoms with Gasteiger partial charge >= 0.3 is 5.97 Å². The van der Waals surface area contributed by atoms with Gasteiger partial charge in [0.25, 0.3) is 5.56 Å². The van der Waals surface area contributed by atoms with E-state index in [-0.39, 0.29) is 4.88 Å². The molecule has 2 rings (SSSR count). The highest BCUT2D eigenvalue weighted by atomic mass is 32.1. The number of carbonyl (C=O) groups excluding carboxylic acids is 1. The number of anilines is 2. The van der Waals surface area contributed by atoms with Crippen LogP contribution >= 0.6 is 11.3 Å². The summed E-state index contributed by atoms with van der Waals surface area (Å²) in [5.74, 6) is -0.546.